The van der Waals surface area contributed by atoms with E-state index in [-0.39, 0.29) is 24.3 Å². The fraction of sp³-hybridized carbons (Fsp3) is 0.312. The molecule has 0 saturated heterocycles. The number of fused-ring (bicyclic) bond motifs is 3. The second kappa shape index (κ2) is 11.7. The minimum absolute atomic E-state index is 0.0569. The lowest BCUT2D eigenvalue weighted by atomic mass is 9.89. The third kappa shape index (κ3) is 5.82. The van der Waals surface area contributed by atoms with Gasteiger partial charge in [0.1, 0.15) is 18.1 Å². The maximum Gasteiger partial charge on any atom is 0.323 e. The van der Waals surface area contributed by atoms with Crippen molar-refractivity contribution in [3.63, 3.8) is 0 Å². The SMILES string of the molecule is COc1ccccc1CCC(=O)N(CCc1ccccc1)[C@H]1CCc2c(c3cc(F)ccc3n2CC(=O)O)C1. The largest absolute Gasteiger partial charge is 0.496 e. The molecule has 0 radical (unpaired) electrons. The fourth-order valence-corrected chi connectivity index (χ4v) is 5.89. The van der Waals surface area contributed by atoms with Gasteiger partial charge >= 0.3 is 5.97 Å². The molecule has 1 aromatic heterocycles. The van der Waals surface area contributed by atoms with E-state index in [1.165, 1.54) is 12.1 Å². The molecule has 1 aliphatic rings. The molecule has 3 aromatic carbocycles. The lowest BCUT2D eigenvalue weighted by Crippen LogP contribution is -2.44. The van der Waals surface area contributed by atoms with Gasteiger partial charge in [0, 0.05) is 35.6 Å². The minimum Gasteiger partial charge on any atom is -0.496 e. The molecule has 0 unspecified atom stereocenters. The summed E-state index contributed by atoms with van der Waals surface area (Å²) >= 11 is 0. The summed E-state index contributed by atoms with van der Waals surface area (Å²) in [6.07, 6.45) is 3.59. The molecule has 39 heavy (non-hydrogen) atoms. The van der Waals surface area contributed by atoms with E-state index < -0.39 is 5.97 Å². The highest BCUT2D eigenvalue weighted by molar-refractivity contribution is 5.87. The van der Waals surface area contributed by atoms with Gasteiger partial charge < -0.3 is 19.3 Å². The van der Waals surface area contributed by atoms with E-state index in [1.54, 1.807) is 17.7 Å². The molecule has 0 spiro atoms. The molecule has 1 aliphatic carbocycles. The molecule has 0 aliphatic heterocycles. The van der Waals surface area contributed by atoms with Gasteiger partial charge in [-0.25, -0.2) is 4.39 Å². The summed E-state index contributed by atoms with van der Waals surface area (Å²) in [6.45, 7) is 0.411. The van der Waals surface area contributed by atoms with E-state index in [2.05, 4.69) is 12.1 Å². The van der Waals surface area contributed by atoms with Gasteiger partial charge in [-0.05, 0) is 73.1 Å². The van der Waals surface area contributed by atoms with Crippen molar-refractivity contribution in [2.24, 2.45) is 0 Å². The number of amides is 1. The lowest BCUT2D eigenvalue weighted by molar-refractivity contribution is -0.137. The van der Waals surface area contributed by atoms with Gasteiger partial charge in [0.15, 0.2) is 0 Å². The van der Waals surface area contributed by atoms with Crippen molar-refractivity contribution in [1.29, 1.82) is 0 Å². The second-order valence-electron chi connectivity index (χ2n) is 10.1. The van der Waals surface area contributed by atoms with Crippen molar-refractivity contribution in [3.05, 3.63) is 101 Å². The zero-order valence-corrected chi connectivity index (χ0v) is 22.1. The Balaban J connectivity index is 1.43. The summed E-state index contributed by atoms with van der Waals surface area (Å²) in [7, 11) is 1.63. The number of methoxy groups -OCH3 is 1. The summed E-state index contributed by atoms with van der Waals surface area (Å²) in [6, 6.07) is 22.3. The molecule has 0 bridgehead atoms. The molecule has 202 valence electrons. The molecule has 1 heterocycles. The van der Waals surface area contributed by atoms with Crippen molar-refractivity contribution < 1.29 is 23.8 Å². The first-order valence-corrected chi connectivity index (χ1v) is 13.4. The molecule has 0 saturated carbocycles. The minimum atomic E-state index is -0.933. The maximum absolute atomic E-state index is 14.3. The van der Waals surface area contributed by atoms with Gasteiger partial charge in [-0.3, -0.25) is 9.59 Å². The lowest BCUT2D eigenvalue weighted by Gasteiger charge is -2.35. The maximum atomic E-state index is 14.3. The molecule has 5 rings (SSSR count). The molecule has 0 fully saturated rings. The Hall–Kier alpha value is -4.13. The van der Waals surface area contributed by atoms with Crippen LogP contribution in [0.3, 0.4) is 0 Å². The number of carbonyl (C=O) groups is 2. The van der Waals surface area contributed by atoms with Crippen LogP contribution in [0.2, 0.25) is 0 Å². The number of halogens is 1. The highest BCUT2D eigenvalue weighted by Gasteiger charge is 2.31. The molecular formula is C32H33FN2O4. The number of hydrogen-bond donors (Lipinski definition) is 1. The fourth-order valence-electron chi connectivity index (χ4n) is 5.89. The van der Waals surface area contributed by atoms with Crippen molar-refractivity contribution >= 4 is 22.8 Å². The highest BCUT2D eigenvalue weighted by atomic mass is 19.1. The Labute approximate surface area is 227 Å². The van der Waals surface area contributed by atoms with Crippen LogP contribution >= 0.6 is 0 Å². The highest BCUT2D eigenvalue weighted by Crippen LogP contribution is 2.35. The number of para-hydroxylation sites is 1. The van der Waals surface area contributed by atoms with Crippen LogP contribution in [0.5, 0.6) is 5.75 Å². The number of carboxylic acids is 1. The summed E-state index contributed by atoms with van der Waals surface area (Å²) in [5, 5.41) is 10.3. The van der Waals surface area contributed by atoms with E-state index in [0.29, 0.717) is 32.2 Å². The number of carbonyl (C=O) groups excluding carboxylic acids is 1. The first-order valence-electron chi connectivity index (χ1n) is 13.4. The third-order valence-electron chi connectivity index (χ3n) is 7.74. The predicted octanol–water partition coefficient (Wildman–Crippen LogP) is 5.44. The molecule has 7 heteroatoms. The van der Waals surface area contributed by atoms with E-state index in [4.69, 9.17) is 4.74 Å². The summed E-state index contributed by atoms with van der Waals surface area (Å²) in [4.78, 5) is 27.4. The Bertz CT molecular complexity index is 1480. The zero-order valence-electron chi connectivity index (χ0n) is 22.1. The monoisotopic (exact) mass is 528 g/mol. The van der Waals surface area contributed by atoms with Gasteiger partial charge in [-0.15, -0.1) is 0 Å². The van der Waals surface area contributed by atoms with E-state index >= 15 is 0 Å². The van der Waals surface area contributed by atoms with Crippen LogP contribution in [0.4, 0.5) is 4.39 Å². The Kier molecular flexibility index (Phi) is 7.96. The Morgan fingerprint density at radius 2 is 1.82 bits per heavy atom. The van der Waals surface area contributed by atoms with Crippen LogP contribution in [0.1, 0.15) is 35.2 Å². The number of nitrogens with zero attached hydrogens (tertiary/aromatic N) is 2. The summed E-state index contributed by atoms with van der Waals surface area (Å²) in [5.41, 5.74) is 4.76. The molecule has 6 nitrogen and oxygen atoms in total. The number of benzene rings is 3. The van der Waals surface area contributed by atoms with Crippen LogP contribution in [0.25, 0.3) is 10.9 Å². The van der Waals surface area contributed by atoms with E-state index in [0.717, 1.165) is 51.9 Å². The van der Waals surface area contributed by atoms with Gasteiger partial charge in [0.2, 0.25) is 5.91 Å². The van der Waals surface area contributed by atoms with Gasteiger partial charge in [-0.2, -0.15) is 0 Å². The van der Waals surface area contributed by atoms with E-state index in [1.807, 2.05) is 47.4 Å². The van der Waals surface area contributed by atoms with Crippen LogP contribution in [-0.4, -0.2) is 46.1 Å². The molecule has 1 N–H and O–H groups in total. The van der Waals surface area contributed by atoms with Crippen molar-refractivity contribution in [2.75, 3.05) is 13.7 Å². The standard InChI is InChI=1S/C32H33FN2O4/c1-39-30-10-6-5-9-23(30)11-16-31(36)34(18-17-22-7-3-2-4-8-22)25-13-15-29-27(20-25)26-19-24(33)12-14-28(26)35(29)21-32(37)38/h2-10,12,14,19,25H,11,13,15-18,20-21H2,1H3,(H,37,38)/t25-/m0/s1. The normalized spacial score (nSPS) is 14.7. The number of rotatable bonds is 10. The van der Waals surface area contributed by atoms with Gasteiger partial charge in [-0.1, -0.05) is 48.5 Å². The average Bonchev–Trinajstić information content (AvgIpc) is 3.24. The molecule has 1 amide bonds. The summed E-state index contributed by atoms with van der Waals surface area (Å²) in [5.74, 6) is -0.437. The van der Waals surface area contributed by atoms with Gasteiger partial charge in [0.05, 0.1) is 7.11 Å². The smallest absolute Gasteiger partial charge is 0.323 e. The zero-order chi connectivity index (χ0) is 27.4. The topological polar surface area (TPSA) is 71.8 Å². The number of hydrogen-bond acceptors (Lipinski definition) is 3. The molecule has 4 aromatic rings. The second-order valence-corrected chi connectivity index (χ2v) is 10.1. The average molecular weight is 529 g/mol. The molecule has 1 atom stereocenters. The van der Waals surface area contributed by atoms with Crippen molar-refractivity contribution in [1.82, 2.24) is 9.47 Å². The van der Waals surface area contributed by atoms with E-state index in [9.17, 15) is 19.1 Å². The van der Waals surface area contributed by atoms with Crippen LogP contribution in [0.15, 0.2) is 72.8 Å². The van der Waals surface area contributed by atoms with Crippen molar-refractivity contribution in [2.45, 2.75) is 51.1 Å². The first-order chi connectivity index (χ1) is 18.9. The molecular weight excluding hydrogens is 495 g/mol. The van der Waals surface area contributed by atoms with Crippen LogP contribution in [-0.2, 0) is 41.8 Å². The number of aryl methyl sites for hydroxylation is 1. The number of aliphatic carboxylic acids is 1. The van der Waals surface area contributed by atoms with Crippen molar-refractivity contribution in [3.8, 4) is 5.75 Å². The number of ether oxygens (including phenoxy) is 1. The van der Waals surface area contributed by atoms with Crippen LogP contribution in [0, 0.1) is 5.82 Å². The van der Waals surface area contributed by atoms with Gasteiger partial charge in [0.25, 0.3) is 0 Å². The number of carboxylic acid groups (broad SMARTS) is 1. The first kappa shape index (κ1) is 26.5. The Morgan fingerprint density at radius 1 is 1.05 bits per heavy atom. The summed E-state index contributed by atoms with van der Waals surface area (Å²) < 4.78 is 21.6. The predicted molar refractivity (Wildman–Crippen MR) is 149 cm³/mol. The number of aromatic nitrogens is 1. The Morgan fingerprint density at radius 3 is 2.59 bits per heavy atom. The third-order valence-corrected chi connectivity index (χ3v) is 7.74. The van der Waals surface area contributed by atoms with Crippen LogP contribution < -0.4 is 4.74 Å². The quantitative estimate of drug-likeness (QED) is 0.298.